The van der Waals surface area contributed by atoms with Crippen LogP contribution in [-0.2, 0) is 11.2 Å². The van der Waals surface area contributed by atoms with Gasteiger partial charge in [0.05, 0.1) is 6.10 Å². The van der Waals surface area contributed by atoms with Crippen LogP contribution in [0.4, 0.5) is 4.79 Å². The first-order valence-corrected chi connectivity index (χ1v) is 5.38. The zero-order valence-electron chi connectivity index (χ0n) is 8.52. The Kier molecular flexibility index (Phi) is 3.03. The van der Waals surface area contributed by atoms with Crippen LogP contribution in [0.5, 0.6) is 0 Å². The smallest absolute Gasteiger partial charge is 0.405 e. The summed E-state index contributed by atoms with van der Waals surface area (Å²) in [6.45, 7) is 0. The highest BCUT2D eigenvalue weighted by molar-refractivity contribution is 6.30. The summed E-state index contributed by atoms with van der Waals surface area (Å²) in [6.07, 6.45) is -1.02. The van der Waals surface area contributed by atoms with Gasteiger partial charge in [0, 0.05) is 5.02 Å². The number of aliphatic hydroxyl groups excluding tert-OH is 1. The molecule has 2 atom stereocenters. The van der Waals surface area contributed by atoms with Gasteiger partial charge in [0.1, 0.15) is 0 Å². The van der Waals surface area contributed by atoms with Gasteiger partial charge in [0.15, 0.2) is 6.10 Å². The number of primary amides is 1. The fraction of sp³-hybridized carbons (Fsp3) is 0.364. The van der Waals surface area contributed by atoms with Crippen LogP contribution in [-0.4, -0.2) is 17.3 Å². The maximum Gasteiger partial charge on any atom is 0.405 e. The van der Waals surface area contributed by atoms with Crippen LogP contribution in [0.15, 0.2) is 18.2 Å². The zero-order chi connectivity index (χ0) is 11.7. The number of halogens is 1. The predicted molar refractivity (Wildman–Crippen MR) is 59.2 cm³/mol. The van der Waals surface area contributed by atoms with E-state index in [9.17, 15) is 9.90 Å². The molecule has 5 heteroatoms. The predicted octanol–water partition coefficient (Wildman–Crippen LogP) is 1.78. The van der Waals surface area contributed by atoms with Crippen LogP contribution >= 0.6 is 11.6 Å². The highest BCUT2D eigenvalue weighted by Crippen LogP contribution is 2.34. The largest absolute Gasteiger partial charge is 0.439 e. The molecule has 0 aromatic heterocycles. The third-order valence-corrected chi connectivity index (χ3v) is 2.95. The topological polar surface area (TPSA) is 72.6 Å². The van der Waals surface area contributed by atoms with E-state index in [4.69, 9.17) is 22.1 Å². The van der Waals surface area contributed by atoms with E-state index < -0.39 is 18.3 Å². The SMILES string of the molecule is NC(=O)O[C@H]1c2ccc(Cl)cc2CC[C@H]1O. The van der Waals surface area contributed by atoms with Gasteiger partial charge in [0.2, 0.25) is 0 Å². The molecule has 0 radical (unpaired) electrons. The monoisotopic (exact) mass is 241 g/mol. The molecule has 0 saturated carbocycles. The van der Waals surface area contributed by atoms with Crippen molar-refractivity contribution in [1.29, 1.82) is 0 Å². The molecule has 4 nitrogen and oxygen atoms in total. The van der Waals surface area contributed by atoms with Gasteiger partial charge in [-0.1, -0.05) is 17.7 Å². The van der Waals surface area contributed by atoms with E-state index in [2.05, 4.69) is 0 Å². The fourth-order valence-electron chi connectivity index (χ4n) is 2.00. The molecule has 3 N–H and O–H groups in total. The van der Waals surface area contributed by atoms with Crippen molar-refractivity contribution in [1.82, 2.24) is 0 Å². The van der Waals surface area contributed by atoms with E-state index in [0.717, 1.165) is 17.5 Å². The molecule has 0 unspecified atom stereocenters. The van der Waals surface area contributed by atoms with Gasteiger partial charge in [-0.2, -0.15) is 0 Å². The van der Waals surface area contributed by atoms with Crippen LogP contribution in [0.1, 0.15) is 23.7 Å². The molecule has 0 fully saturated rings. The number of nitrogens with two attached hydrogens (primary N) is 1. The standard InChI is InChI=1S/C11H12ClNO3/c12-7-2-3-8-6(5-7)1-4-9(14)10(8)16-11(13)15/h2-3,5,9-10,14H,1,4H2,(H2,13,15)/t9-,10+/m1/s1. The Morgan fingerprint density at radius 2 is 2.31 bits per heavy atom. The van der Waals surface area contributed by atoms with Crippen molar-refractivity contribution in [2.75, 3.05) is 0 Å². The number of benzene rings is 1. The highest BCUT2D eigenvalue weighted by atomic mass is 35.5. The Morgan fingerprint density at radius 1 is 1.56 bits per heavy atom. The number of aryl methyl sites for hydroxylation is 1. The Balaban J connectivity index is 2.36. The maximum atomic E-state index is 10.8. The van der Waals surface area contributed by atoms with Gasteiger partial charge >= 0.3 is 6.09 Å². The van der Waals surface area contributed by atoms with Crippen LogP contribution in [0.25, 0.3) is 0 Å². The molecule has 0 bridgehead atoms. The quantitative estimate of drug-likeness (QED) is 0.787. The number of fused-ring (bicyclic) bond motifs is 1. The zero-order valence-corrected chi connectivity index (χ0v) is 9.28. The molecule has 2 rings (SSSR count). The summed E-state index contributed by atoms with van der Waals surface area (Å²) in [5, 5.41) is 10.4. The number of amides is 1. The Bertz CT molecular complexity index is 422. The summed E-state index contributed by atoms with van der Waals surface area (Å²) in [4.78, 5) is 10.8. The molecule has 1 aromatic rings. The van der Waals surface area contributed by atoms with E-state index in [0.29, 0.717) is 11.4 Å². The molecule has 1 aliphatic carbocycles. The van der Waals surface area contributed by atoms with Crippen molar-refractivity contribution < 1.29 is 14.6 Å². The number of hydrogen-bond acceptors (Lipinski definition) is 3. The minimum absolute atomic E-state index is 0.533. The first-order valence-electron chi connectivity index (χ1n) is 5.00. The molecule has 86 valence electrons. The molecule has 0 spiro atoms. The second-order valence-electron chi connectivity index (χ2n) is 3.81. The first kappa shape index (κ1) is 11.2. The van der Waals surface area contributed by atoms with Gasteiger partial charge in [-0.25, -0.2) is 4.79 Å². The number of carbonyl (C=O) groups is 1. The van der Waals surface area contributed by atoms with E-state index in [1.807, 2.05) is 6.07 Å². The summed E-state index contributed by atoms with van der Waals surface area (Å²) in [5.74, 6) is 0. The second-order valence-corrected chi connectivity index (χ2v) is 4.24. The van der Waals surface area contributed by atoms with Crippen molar-refractivity contribution in [3.8, 4) is 0 Å². The molecule has 0 heterocycles. The van der Waals surface area contributed by atoms with E-state index in [-0.39, 0.29) is 0 Å². The summed E-state index contributed by atoms with van der Waals surface area (Å²) in [6, 6.07) is 5.28. The van der Waals surface area contributed by atoms with Gasteiger partial charge in [0.25, 0.3) is 0 Å². The summed E-state index contributed by atoms with van der Waals surface area (Å²) >= 11 is 5.87. The lowest BCUT2D eigenvalue weighted by atomic mass is 9.87. The number of aliphatic hydroxyl groups is 1. The number of ether oxygens (including phenoxy) is 1. The average Bonchev–Trinajstić information content (AvgIpc) is 2.22. The molecule has 16 heavy (non-hydrogen) atoms. The molecule has 1 aliphatic rings. The van der Waals surface area contributed by atoms with E-state index >= 15 is 0 Å². The molecule has 0 aliphatic heterocycles. The van der Waals surface area contributed by atoms with Crippen molar-refractivity contribution in [3.05, 3.63) is 34.3 Å². The normalized spacial score (nSPS) is 23.6. The molecule has 1 amide bonds. The third kappa shape index (κ3) is 2.13. The molecule has 1 aromatic carbocycles. The Morgan fingerprint density at radius 3 is 3.00 bits per heavy atom. The van der Waals surface area contributed by atoms with Crippen LogP contribution < -0.4 is 5.73 Å². The average molecular weight is 242 g/mol. The summed E-state index contributed by atoms with van der Waals surface area (Å²) in [5.41, 5.74) is 6.74. The summed E-state index contributed by atoms with van der Waals surface area (Å²) < 4.78 is 4.92. The van der Waals surface area contributed by atoms with Crippen LogP contribution in [0, 0.1) is 0 Å². The third-order valence-electron chi connectivity index (χ3n) is 2.71. The fourth-order valence-corrected chi connectivity index (χ4v) is 2.19. The molecular weight excluding hydrogens is 230 g/mol. The number of carbonyl (C=O) groups excluding carboxylic acids is 1. The van der Waals surface area contributed by atoms with E-state index in [1.165, 1.54) is 0 Å². The van der Waals surface area contributed by atoms with Crippen molar-refractivity contribution in [3.63, 3.8) is 0 Å². The maximum absolute atomic E-state index is 10.8. The Labute approximate surface area is 98.0 Å². The minimum Gasteiger partial charge on any atom is -0.439 e. The van der Waals surface area contributed by atoms with E-state index in [1.54, 1.807) is 12.1 Å². The van der Waals surface area contributed by atoms with Gasteiger partial charge in [-0.3, -0.25) is 0 Å². The van der Waals surface area contributed by atoms with Crippen molar-refractivity contribution >= 4 is 17.7 Å². The summed E-state index contributed by atoms with van der Waals surface area (Å²) in [7, 11) is 0. The van der Waals surface area contributed by atoms with Crippen LogP contribution in [0.2, 0.25) is 5.02 Å². The lowest BCUT2D eigenvalue weighted by molar-refractivity contribution is -0.00511. The van der Waals surface area contributed by atoms with Gasteiger partial charge in [-0.15, -0.1) is 0 Å². The lowest BCUT2D eigenvalue weighted by Crippen LogP contribution is -2.30. The van der Waals surface area contributed by atoms with Crippen LogP contribution in [0.3, 0.4) is 0 Å². The highest BCUT2D eigenvalue weighted by Gasteiger charge is 2.30. The van der Waals surface area contributed by atoms with Crippen molar-refractivity contribution in [2.24, 2.45) is 5.73 Å². The van der Waals surface area contributed by atoms with Gasteiger partial charge < -0.3 is 15.6 Å². The number of rotatable bonds is 1. The Hall–Kier alpha value is -1.26. The molecule has 0 saturated heterocycles. The second kappa shape index (κ2) is 4.31. The minimum atomic E-state index is -0.883. The first-order chi connectivity index (χ1) is 7.58. The van der Waals surface area contributed by atoms with Crippen molar-refractivity contribution in [2.45, 2.75) is 25.0 Å². The van der Waals surface area contributed by atoms with Gasteiger partial charge in [-0.05, 0) is 36.1 Å². The lowest BCUT2D eigenvalue weighted by Gasteiger charge is -2.29. The molecular formula is C11H12ClNO3. The number of hydrogen-bond donors (Lipinski definition) is 2.